The van der Waals surface area contributed by atoms with Crippen molar-refractivity contribution in [1.82, 2.24) is 15.1 Å². The van der Waals surface area contributed by atoms with Crippen LogP contribution in [-0.4, -0.2) is 67.1 Å². The molecule has 2 aromatic rings. The summed E-state index contributed by atoms with van der Waals surface area (Å²) >= 11 is 0. The molecule has 10 nitrogen and oxygen atoms in total. The molecular weight excluding hydrogens is 529 g/mol. The first-order chi connectivity index (χ1) is 17.8. The lowest BCUT2D eigenvalue weighted by atomic mass is 10.1. The molecule has 1 heterocycles. The zero-order valence-corrected chi connectivity index (χ0v) is 21.7. The van der Waals surface area contributed by atoms with Gasteiger partial charge in [0.05, 0.1) is 47.2 Å². The Morgan fingerprint density at radius 1 is 1.29 bits per heavy atom. The van der Waals surface area contributed by atoms with E-state index in [1.165, 1.54) is 19.4 Å². The van der Waals surface area contributed by atoms with E-state index in [0.717, 1.165) is 12.1 Å². The fourth-order valence-electron chi connectivity index (χ4n) is 4.17. The van der Waals surface area contributed by atoms with Crippen molar-refractivity contribution in [2.45, 2.75) is 66.6 Å². The van der Waals surface area contributed by atoms with Crippen molar-refractivity contribution in [3.63, 3.8) is 0 Å². The normalized spacial score (nSPS) is 20.2. The van der Waals surface area contributed by atoms with Crippen molar-refractivity contribution in [2.75, 3.05) is 20.8 Å². The maximum Gasteiger partial charge on any atom is 0.417 e. The number of nitriles is 1. The number of ether oxygens (including phenoxy) is 2. The van der Waals surface area contributed by atoms with E-state index in [0.29, 0.717) is 38.0 Å². The van der Waals surface area contributed by atoms with Crippen LogP contribution in [0.4, 0.5) is 18.0 Å². The Kier molecular flexibility index (Phi) is 9.06. The maximum absolute atomic E-state index is 13.7. The van der Waals surface area contributed by atoms with Gasteiger partial charge in [-0.2, -0.15) is 23.5 Å². The summed E-state index contributed by atoms with van der Waals surface area (Å²) in [5.41, 5.74) is -1.16. The Hall–Kier alpha value is -3.15. The summed E-state index contributed by atoms with van der Waals surface area (Å²) in [4.78, 5) is 9.27. The predicted molar refractivity (Wildman–Crippen MR) is 129 cm³/mol. The number of hydrogen-bond donors (Lipinski definition) is 2. The number of benzene rings is 1. The number of sulfone groups is 1. The van der Waals surface area contributed by atoms with Crippen molar-refractivity contribution in [2.24, 2.45) is 0 Å². The number of carboxylic acid groups (broad SMARTS) is 1. The third-order valence-electron chi connectivity index (χ3n) is 6.50. The lowest BCUT2D eigenvalue weighted by Gasteiger charge is -2.18. The van der Waals surface area contributed by atoms with Crippen LogP contribution in [0.25, 0.3) is 11.1 Å². The molecule has 0 radical (unpaired) electrons. The molecular formula is C24H29F3N4O6S. The molecule has 38 heavy (non-hydrogen) atoms. The van der Waals surface area contributed by atoms with Crippen molar-refractivity contribution in [1.29, 1.82) is 5.26 Å². The lowest BCUT2D eigenvalue weighted by molar-refractivity contribution is -0.139. The number of methoxy groups -OCH3 is 2. The number of halogens is 3. The molecule has 0 saturated heterocycles. The van der Waals surface area contributed by atoms with Crippen molar-refractivity contribution in [3.05, 3.63) is 36.2 Å². The number of nitrogens with zero attached hydrogens (tertiary/aromatic N) is 3. The van der Waals surface area contributed by atoms with Crippen LogP contribution < -0.4 is 5.32 Å². The van der Waals surface area contributed by atoms with E-state index >= 15 is 0 Å². The van der Waals surface area contributed by atoms with Gasteiger partial charge in [0, 0.05) is 26.0 Å². The highest BCUT2D eigenvalue weighted by atomic mass is 32.2. The van der Waals surface area contributed by atoms with Crippen LogP contribution in [0.1, 0.15) is 37.7 Å². The number of rotatable bonds is 8. The summed E-state index contributed by atoms with van der Waals surface area (Å²) < 4.78 is 78.8. The van der Waals surface area contributed by atoms with E-state index in [4.69, 9.17) is 19.8 Å². The molecule has 2 fully saturated rings. The number of alkyl halides is 3. The summed E-state index contributed by atoms with van der Waals surface area (Å²) in [7, 11) is -1.12. The number of hydrogen-bond acceptors (Lipinski definition) is 7. The molecule has 2 saturated carbocycles. The molecule has 2 aliphatic rings. The Morgan fingerprint density at radius 2 is 2.00 bits per heavy atom. The minimum absolute atomic E-state index is 0.199. The largest absolute Gasteiger partial charge is 0.465 e. The Balaban J connectivity index is 0.000000375. The Labute approximate surface area is 218 Å². The first kappa shape index (κ1) is 29.4. The van der Waals surface area contributed by atoms with E-state index in [-0.39, 0.29) is 24.5 Å². The van der Waals surface area contributed by atoms with Gasteiger partial charge in [-0.05, 0) is 49.8 Å². The fraction of sp³-hybridized carbons (Fsp3) is 0.542. The van der Waals surface area contributed by atoms with Gasteiger partial charge in [0.1, 0.15) is 5.54 Å². The van der Waals surface area contributed by atoms with E-state index in [9.17, 15) is 26.4 Å². The second kappa shape index (κ2) is 11.7. The Bertz CT molecular complexity index is 1280. The van der Waals surface area contributed by atoms with E-state index in [1.54, 1.807) is 18.0 Å². The average molecular weight is 559 g/mol. The summed E-state index contributed by atoms with van der Waals surface area (Å²) in [6.45, 7) is 0.868. The predicted octanol–water partition coefficient (Wildman–Crippen LogP) is 3.87. The van der Waals surface area contributed by atoms with Gasteiger partial charge in [0.25, 0.3) is 0 Å². The molecule has 2 aliphatic carbocycles. The summed E-state index contributed by atoms with van der Waals surface area (Å²) in [5, 5.41) is 21.8. The van der Waals surface area contributed by atoms with E-state index in [2.05, 4.69) is 10.4 Å². The second-order valence-corrected chi connectivity index (χ2v) is 11.4. The molecule has 0 spiro atoms. The molecule has 0 bridgehead atoms. The molecule has 14 heteroatoms. The number of carbonyl (C=O) groups is 1. The zero-order chi connectivity index (χ0) is 28.1. The minimum Gasteiger partial charge on any atom is -0.465 e. The van der Waals surface area contributed by atoms with Crippen LogP contribution in [0.5, 0.6) is 0 Å². The molecule has 0 unspecified atom stereocenters. The van der Waals surface area contributed by atoms with Crippen LogP contribution >= 0.6 is 0 Å². The summed E-state index contributed by atoms with van der Waals surface area (Å²) in [5.74, 6) is 0. The third kappa shape index (κ3) is 7.03. The highest BCUT2D eigenvalue weighted by Gasteiger charge is 2.45. The van der Waals surface area contributed by atoms with Crippen molar-refractivity contribution >= 4 is 15.9 Å². The molecule has 1 aromatic carbocycles. The molecule has 1 amide bonds. The van der Waals surface area contributed by atoms with Crippen LogP contribution in [0.3, 0.4) is 0 Å². The maximum atomic E-state index is 13.7. The van der Waals surface area contributed by atoms with Gasteiger partial charge in [0.15, 0.2) is 9.84 Å². The molecule has 0 aliphatic heterocycles. The minimum atomic E-state index is -4.80. The van der Waals surface area contributed by atoms with Gasteiger partial charge >= 0.3 is 12.3 Å². The topological polar surface area (TPSA) is 144 Å². The quantitative estimate of drug-likeness (QED) is 0.497. The van der Waals surface area contributed by atoms with Crippen molar-refractivity contribution < 1.29 is 41.0 Å². The zero-order valence-electron chi connectivity index (χ0n) is 20.9. The van der Waals surface area contributed by atoms with Crippen LogP contribution in [0.15, 0.2) is 35.5 Å². The second-order valence-electron chi connectivity index (χ2n) is 9.16. The molecule has 4 rings (SSSR count). The average Bonchev–Trinajstić information content (AvgIpc) is 3.24. The van der Waals surface area contributed by atoms with Crippen LogP contribution in [0, 0.1) is 11.3 Å². The van der Waals surface area contributed by atoms with Gasteiger partial charge in [-0.25, -0.2) is 13.2 Å². The number of amides is 1. The molecule has 208 valence electrons. The van der Waals surface area contributed by atoms with Gasteiger partial charge in [-0.1, -0.05) is 6.07 Å². The van der Waals surface area contributed by atoms with Gasteiger partial charge in [-0.15, -0.1) is 0 Å². The van der Waals surface area contributed by atoms with Gasteiger partial charge < -0.3 is 19.9 Å². The number of nitrogens with one attached hydrogen (secondary N) is 1. The molecule has 2 atom stereocenters. The first-order valence-electron chi connectivity index (χ1n) is 11.8. The van der Waals surface area contributed by atoms with Crippen molar-refractivity contribution in [3.8, 4) is 17.2 Å². The highest BCUT2D eigenvalue weighted by Crippen LogP contribution is 2.40. The Morgan fingerprint density at radius 3 is 2.50 bits per heavy atom. The third-order valence-corrected chi connectivity index (χ3v) is 8.78. The van der Waals surface area contributed by atoms with Gasteiger partial charge in [0.2, 0.25) is 0 Å². The summed E-state index contributed by atoms with van der Waals surface area (Å²) in [6, 6.07) is 5.22. The van der Waals surface area contributed by atoms with Crippen LogP contribution in [-0.2, 0) is 32.0 Å². The standard InChI is InChI=1S/C19H23F3N2O4S.C5H6N2O2/c1-27-8-7-24-12-14(11-23-24)13-3-6-18(17(9-13)19(20,21)22)29(25,26)16-5-4-15(10-16)28-2;6-3-5(1-2-5)7-4(8)9/h3,6,9,11-12,15-16H,4-5,7-8,10H2,1-2H3;7H,1-2H2,(H,8,9)/t15-,16-;/m0./s1. The van der Waals surface area contributed by atoms with Gasteiger partial charge in [-0.3, -0.25) is 4.68 Å². The SMILES string of the molecule is COCCn1cc(-c2ccc(S(=O)(=O)[C@H]3CC[C@H](OC)C3)c(C(F)(F)F)c2)cn1.N#CC1(NC(=O)O)CC1. The first-order valence-corrected chi connectivity index (χ1v) is 13.3. The monoisotopic (exact) mass is 558 g/mol. The van der Waals surface area contributed by atoms with E-state index < -0.39 is 43.4 Å². The fourth-order valence-corrected chi connectivity index (χ4v) is 6.18. The number of aromatic nitrogens is 2. The molecule has 2 N–H and O–H groups in total. The smallest absolute Gasteiger partial charge is 0.417 e. The lowest BCUT2D eigenvalue weighted by Crippen LogP contribution is -2.33. The summed E-state index contributed by atoms with van der Waals surface area (Å²) in [6.07, 6.45) is -0.829. The van der Waals surface area contributed by atoms with Crippen LogP contribution in [0.2, 0.25) is 0 Å². The van der Waals surface area contributed by atoms with E-state index in [1.807, 2.05) is 6.07 Å². The molecule has 1 aromatic heterocycles. The highest BCUT2D eigenvalue weighted by molar-refractivity contribution is 7.92.